The van der Waals surface area contributed by atoms with Crippen molar-refractivity contribution in [1.29, 1.82) is 0 Å². The summed E-state index contributed by atoms with van der Waals surface area (Å²) in [6.07, 6.45) is 2.35. The second-order valence-corrected chi connectivity index (χ2v) is 7.94. The van der Waals surface area contributed by atoms with Gasteiger partial charge in [0.05, 0.1) is 5.37 Å². The number of thioether (sulfide) groups is 1. The highest BCUT2D eigenvalue weighted by atomic mass is 127. The number of hydrogen-bond acceptors (Lipinski definition) is 3. The maximum atomic E-state index is 5.51. The molecule has 0 saturated carbocycles. The number of para-hydroxylation sites is 1. The van der Waals surface area contributed by atoms with E-state index < -0.39 is 0 Å². The van der Waals surface area contributed by atoms with E-state index in [0.29, 0.717) is 16.4 Å². The number of hydrazine groups is 1. The first kappa shape index (κ1) is 19.7. The Morgan fingerprint density at radius 1 is 1.12 bits per heavy atom. The van der Waals surface area contributed by atoms with Crippen molar-refractivity contribution in [2.75, 3.05) is 17.6 Å². The van der Waals surface area contributed by atoms with Crippen molar-refractivity contribution >= 4 is 64.8 Å². The van der Waals surface area contributed by atoms with Gasteiger partial charge in [0.2, 0.25) is 0 Å². The zero-order valence-corrected chi connectivity index (χ0v) is 18.5. The summed E-state index contributed by atoms with van der Waals surface area (Å²) in [5.41, 5.74) is 8.63. The zero-order chi connectivity index (χ0) is 17.2. The minimum atomic E-state index is 0. The number of nitrogens with zero attached hydrogens (tertiary/aromatic N) is 1. The second kappa shape index (κ2) is 8.73. The predicted molar refractivity (Wildman–Crippen MR) is 127 cm³/mol. The van der Waals surface area contributed by atoms with Gasteiger partial charge in [0.25, 0.3) is 0 Å². The van der Waals surface area contributed by atoms with E-state index in [1.54, 1.807) is 0 Å². The van der Waals surface area contributed by atoms with E-state index in [0.717, 1.165) is 18.0 Å². The summed E-state index contributed by atoms with van der Waals surface area (Å²) in [6, 6.07) is 18.7. The van der Waals surface area contributed by atoms with Crippen LogP contribution in [0.1, 0.15) is 24.0 Å². The van der Waals surface area contributed by atoms with Gasteiger partial charge in [-0.1, -0.05) is 55.5 Å². The average Bonchev–Trinajstić information content (AvgIpc) is 3.20. The van der Waals surface area contributed by atoms with Gasteiger partial charge < -0.3 is 5.32 Å². The Morgan fingerprint density at radius 2 is 1.85 bits per heavy atom. The van der Waals surface area contributed by atoms with Crippen LogP contribution in [0, 0.1) is 0 Å². The number of anilines is 1. The van der Waals surface area contributed by atoms with Gasteiger partial charge in [-0.3, -0.25) is 5.43 Å². The third-order valence-corrected chi connectivity index (χ3v) is 6.19. The molecule has 6 heteroatoms. The Kier molecular flexibility index (Phi) is 6.60. The normalized spacial score (nSPS) is 21.5. The fourth-order valence-electron chi connectivity index (χ4n) is 3.48. The molecule has 1 heterocycles. The molecule has 1 fully saturated rings. The first-order valence-corrected chi connectivity index (χ1v) is 9.99. The van der Waals surface area contributed by atoms with Crippen LogP contribution in [0.5, 0.6) is 0 Å². The summed E-state index contributed by atoms with van der Waals surface area (Å²) in [7, 11) is 0. The lowest BCUT2D eigenvalue weighted by Gasteiger charge is -2.28. The molecule has 1 saturated heterocycles. The molecule has 1 aliphatic heterocycles. The monoisotopic (exact) mass is 495 g/mol. The van der Waals surface area contributed by atoms with Crippen LogP contribution in [0.15, 0.2) is 60.2 Å². The lowest BCUT2D eigenvalue weighted by atomic mass is 9.98. The van der Waals surface area contributed by atoms with E-state index in [1.807, 2.05) is 42.1 Å². The van der Waals surface area contributed by atoms with Gasteiger partial charge in [-0.15, -0.1) is 35.7 Å². The summed E-state index contributed by atoms with van der Waals surface area (Å²) >= 11 is 7.48. The van der Waals surface area contributed by atoms with Gasteiger partial charge in [-0.2, -0.15) is 0 Å². The first-order chi connectivity index (χ1) is 12.2. The third-order valence-electron chi connectivity index (χ3n) is 4.74. The minimum absolute atomic E-state index is 0. The van der Waals surface area contributed by atoms with Gasteiger partial charge in [0.1, 0.15) is 0 Å². The number of thiocarbonyl (C=S) groups is 1. The second-order valence-electron chi connectivity index (χ2n) is 6.34. The molecule has 136 valence electrons. The van der Waals surface area contributed by atoms with E-state index in [1.165, 1.54) is 16.7 Å². The molecule has 2 unspecified atom stereocenters. The molecule has 2 aromatic carbocycles. The summed E-state index contributed by atoms with van der Waals surface area (Å²) in [6.45, 7) is 3.28. The SMILES string of the molecule is CC1C(C2SCCN2NC(=S)Nc2ccccc2)=Cc2ccccc21.I. The van der Waals surface area contributed by atoms with Gasteiger partial charge in [0.15, 0.2) is 5.11 Å². The van der Waals surface area contributed by atoms with Crippen molar-refractivity contribution < 1.29 is 0 Å². The van der Waals surface area contributed by atoms with Crippen molar-refractivity contribution in [2.24, 2.45) is 0 Å². The zero-order valence-electron chi connectivity index (χ0n) is 14.5. The highest BCUT2D eigenvalue weighted by Gasteiger charge is 2.34. The highest BCUT2D eigenvalue weighted by Crippen LogP contribution is 2.43. The van der Waals surface area contributed by atoms with Gasteiger partial charge in [-0.25, -0.2) is 5.01 Å². The van der Waals surface area contributed by atoms with Crippen LogP contribution < -0.4 is 10.7 Å². The Balaban J connectivity index is 0.00000196. The number of fused-ring (bicyclic) bond motifs is 1. The standard InChI is InChI=1S/C20H21N3S2.HI/c1-14-17-10-6-5-7-15(17)13-18(14)19-23(11-12-25-19)22-20(24)21-16-8-3-2-4-9-16;/h2-10,13-14,19H,11-12H2,1H3,(H2,21,22,24);1H. The molecule has 26 heavy (non-hydrogen) atoms. The van der Waals surface area contributed by atoms with Gasteiger partial charge in [0, 0.05) is 23.9 Å². The van der Waals surface area contributed by atoms with Crippen molar-refractivity contribution in [3.8, 4) is 0 Å². The van der Waals surface area contributed by atoms with Gasteiger partial charge in [-0.05, 0) is 41.1 Å². The molecular weight excluding hydrogens is 473 g/mol. The summed E-state index contributed by atoms with van der Waals surface area (Å²) in [5, 5.41) is 6.48. The van der Waals surface area contributed by atoms with E-state index in [-0.39, 0.29) is 24.0 Å². The Morgan fingerprint density at radius 3 is 2.62 bits per heavy atom. The number of rotatable bonds is 3. The molecule has 2 aromatic rings. The Hall–Kier alpha value is -1.09. The maximum Gasteiger partial charge on any atom is 0.185 e. The summed E-state index contributed by atoms with van der Waals surface area (Å²) in [5.74, 6) is 1.55. The van der Waals surface area contributed by atoms with Crippen LogP contribution in [0.4, 0.5) is 5.69 Å². The fraction of sp³-hybridized carbons (Fsp3) is 0.250. The third kappa shape index (κ3) is 4.08. The molecule has 0 radical (unpaired) electrons. The molecule has 3 nitrogen and oxygen atoms in total. The van der Waals surface area contributed by atoms with Gasteiger partial charge >= 0.3 is 0 Å². The number of hydrogen-bond donors (Lipinski definition) is 2. The van der Waals surface area contributed by atoms with Crippen LogP contribution in [0.2, 0.25) is 0 Å². The molecule has 4 rings (SSSR count). The molecular formula is C20H22IN3S2. The number of halogens is 1. The fourth-order valence-corrected chi connectivity index (χ4v) is 5.04. The lowest BCUT2D eigenvalue weighted by Crippen LogP contribution is -2.47. The Bertz CT molecular complexity index is 810. The quantitative estimate of drug-likeness (QED) is 0.458. The van der Waals surface area contributed by atoms with E-state index in [4.69, 9.17) is 12.2 Å². The van der Waals surface area contributed by atoms with Crippen molar-refractivity contribution in [3.05, 3.63) is 71.3 Å². The van der Waals surface area contributed by atoms with Crippen LogP contribution >= 0.6 is 48.0 Å². The smallest absolute Gasteiger partial charge is 0.185 e. The molecule has 0 bridgehead atoms. The average molecular weight is 495 g/mol. The molecule has 2 N–H and O–H groups in total. The van der Waals surface area contributed by atoms with E-state index >= 15 is 0 Å². The van der Waals surface area contributed by atoms with Crippen LogP contribution in [-0.2, 0) is 0 Å². The molecule has 0 amide bonds. The van der Waals surface area contributed by atoms with E-state index in [9.17, 15) is 0 Å². The molecule has 1 aliphatic carbocycles. The largest absolute Gasteiger partial charge is 0.332 e. The number of nitrogens with one attached hydrogen (secondary N) is 2. The minimum Gasteiger partial charge on any atom is -0.332 e. The molecule has 2 atom stereocenters. The topological polar surface area (TPSA) is 27.3 Å². The van der Waals surface area contributed by atoms with Crippen LogP contribution in [0.3, 0.4) is 0 Å². The predicted octanol–water partition coefficient (Wildman–Crippen LogP) is 5.08. The van der Waals surface area contributed by atoms with Crippen molar-refractivity contribution in [3.63, 3.8) is 0 Å². The van der Waals surface area contributed by atoms with E-state index in [2.05, 4.69) is 53.0 Å². The molecule has 0 aromatic heterocycles. The van der Waals surface area contributed by atoms with Crippen molar-refractivity contribution in [1.82, 2.24) is 10.4 Å². The summed E-state index contributed by atoms with van der Waals surface area (Å²) in [4.78, 5) is 0. The first-order valence-electron chi connectivity index (χ1n) is 8.54. The highest BCUT2D eigenvalue weighted by molar-refractivity contribution is 14.0. The van der Waals surface area contributed by atoms with Crippen LogP contribution in [-0.4, -0.2) is 27.8 Å². The Labute approximate surface area is 181 Å². The lowest BCUT2D eigenvalue weighted by molar-refractivity contribution is 0.265. The van der Waals surface area contributed by atoms with Crippen molar-refractivity contribution in [2.45, 2.75) is 18.2 Å². The summed E-state index contributed by atoms with van der Waals surface area (Å²) < 4.78 is 0. The number of benzene rings is 2. The maximum absolute atomic E-state index is 5.51. The van der Waals surface area contributed by atoms with Crippen LogP contribution in [0.25, 0.3) is 6.08 Å². The molecule has 2 aliphatic rings. The molecule has 0 spiro atoms.